The molecule has 1 saturated carbocycles. The number of hydrogen-bond acceptors (Lipinski definition) is 1. The van der Waals surface area contributed by atoms with Crippen LogP contribution in [0.25, 0.3) is 0 Å². The van der Waals surface area contributed by atoms with Crippen molar-refractivity contribution < 1.29 is 5.11 Å². The Morgan fingerprint density at radius 1 is 1.22 bits per heavy atom. The van der Waals surface area contributed by atoms with E-state index in [-0.39, 0.29) is 11.5 Å². The van der Waals surface area contributed by atoms with E-state index in [1.165, 1.54) is 24.8 Å². The van der Waals surface area contributed by atoms with Gasteiger partial charge in [-0.3, -0.25) is 0 Å². The molecule has 2 rings (SSSR count). The Hall–Kier alpha value is -0.820. The third-order valence-corrected chi connectivity index (χ3v) is 4.46. The summed E-state index contributed by atoms with van der Waals surface area (Å²) in [6.45, 7) is 4.45. The lowest BCUT2D eigenvalue weighted by Gasteiger charge is -2.38. The topological polar surface area (TPSA) is 20.2 Å². The molecule has 1 unspecified atom stereocenters. The van der Waals surface area contributed by atoms with Crippen LogP contribution in [0.4, 0.5) is 0 Å². The standard InChI is InChI=1S/C17H26O/c1-3-8-14-9-7-10-15(13-14)16(18)17(2)11-5-4-6-12-17/h7,9-10,13,16,18H,3-6,8,11-12H2,1-2H3. The van der Waals surface area contributed by atoms with Gasteiger partial charge < -0.3 is 5.11 Å². The van der Waals surface area contributed by atoms with Crippen molar-refractivity contribution in [3.05, 3.63) is 35.4 Å². The van der Waals surface area contributed by atoms with E-state index in [4.69, 9.17) is 0 Å². The maximum absolute atomic E-state index is 10.7. The third-order valence-electron chi connectivity index (χ3n) is 4.46. The van der Waals surface area contributed by atoms with Crippen molar-refractivity contribution in [2.45, 2.75) is 64.9 Å². The van der Waals surface area contributed by atoms with E-state index in [1.54, 1.807) is 0 Å². The van der Waals surface area contributed by atoms with Gasteiger partial charge in [-0.2, -0.15) is 0 Å². The summed E-state index contributed by atoms with van der Waals surface area (Å²) in [5.41, 5.74) is 2.56. The quantitative estimate of drug-likeness (QED) is 0.820. The van der Waals surface area contributed by atoms with E-state index >= 15 is 0 Å². The van der Waals surface area contributed by atoms with Crippen LogP contribution < -0.4 is 0 Å². The second-order valence-corrected chi connectivity index (χ2v) is 6.11. The zero-order valence-electron chi connectivity index (χ0n) is 11.8. The molecular formula is C17H26O. The average Bonchev–Trinajstić information content (AvgIpc) is 2.39. The average molecular weight is 246 g/mol. The molecule has 0 amide bonds. The number of aryl methyl sites for hydroxylation is 1. The van der Waals surface area contributed by atoms with E-state index in [0.29, 0.717) is 0 Å². The summed E-state index contributed by atoms with van der Waals surface area (Å²) in [5.74, 6) is 0. The van der Waals surface area contributed by atoms with E-state index in [9.17, 15) is 5.11 Å². The number of aliphatic hydroxyl groups is 1. The van der Waals surface area contributed by atoms with Crippen LogP contribution in [-0.4, -0.2) is 5.11 Å². The molecule has 0 spiro atoms. The van der Waals surface area contributed by atoms with Crippen molar-refractivity contribution >= 4 is 0 Å². The fourth-order valence-electron chi connectivity index (χ4n) is 3.24. The van der Waals surface area contributed by atoms with Crippen LogP contribution >= 0.6 is 0 Å². The molecule has 0 saturated heterocycles. The molecular weight excluding hydrogens is 220 g/mol. The molecule has 0 radical (unpaired) electrons. The van der Waals surface area contributed by atoms with Gasteiger partial charge >= 0.3 is 0 Å². The summed E-state index contributed by atoms with van der Waals surface area (Å²) in [5, 5.41) is 10.7. The van der Waals surface area contributed by atoms with Crippen molar-refractivity contribution in [3.63, 3.8) is 0 Å². The van der Waals surface area contributed by atoms with Gasteiger partial charge in [0.1, 0.15) is 0 Å². The van der Waals surface area contributed by atoms with E-state index in [1.807, 2.05) is 0 Å². The third kappa shape index (κ3) is 2.95. The number of benzene rings is 1. The minimum absolute atomic E-state index is 0.0864. The van der Waals surface area contributed by atoms with Crippen LogP contribution in [0.1, 0.15) is 69.6 Å². The van der Waals surface area contributed by atoms with Crippen molar-refractivity contribution in [1.29, 1.82) is 0 Å². The van der Waals surface area contributed by atoms with Crippen LogP contribution in [0.15, 0.2) is 24.3 Å². The molecule has 1 fully saturated rings. The number of rotatable bonds is 4. The molecule has 0 aliphatic heterocycles. The predicted molar refractivity (Wildman–Crippen MR) is 76.6 cm³/mol. The summed E-state index contributed by atoms with van der Waals surface area (Å²) in [7, 11) is 0. The van der Waals surface area contributed by atoms with Gasteiger partial charge in [0.05, 0.1) is 6.10 Å². The SMILES string of the molecule is CCCc1cccc(C(O)C2(C)CCCCC2)c1. The van der Waals surface area contributed by atoms with Crippen molar-refractivity contribution in [1.82, 2.24) is 0 Å². The highest BCUT2D eigenvalue weighted by atomic mass is 16.3. The molecule has 100 valence electrons. The van der Waals surface area contributed by atoms with E-state index < -0.39 is 0 Å². The molecule has 1 heteroatoms. The maximum Gasteiger partial charge on any atom is 0.0843 e. The Bertz CT molecular complexity index is 377. The highest BCUT2D eigenvalue weighted by Crippen LogP contribution is 2.45. The summed E-state index contributed by atoms with van der Waals surface area (Å²) in [6.07, 6.45) is 8.16. The van der Waals surface area contributed by atoms with Crippen LogP contribution in [0, 0.1) is 5.41 Å². The van der Waals surface area contributed by atoms with Crippen molar-refractivity contribution in [2.24, 2.45) is 5.41 Å². The molecule has 1 aliphatic carbocycles. The van der Waals surface area contributed by atoms with Gasteiger partial charge in [-0.15, -0.1) is 0 Å². The molecule has 0 bridgehead atoms. The van der Waals surface area contributed by atoms with Crippen molar-refractivity contribution in [3.8, 4) is 0 Å². The van der Waals surface area contributed by atoms with Gasteiger partial charge in [0.15, 0.2) is 0 Å². The molecule has 1 aliphatic rings. The first-order chi connectivity index (χ1) is 8.65. The molecule has 18 heavy (non-hydrogen) atoms. The summed E-state index contributed by atoms with van der Waals surface area (Å²) < 4.78 is 0. The van der Waals surface area contributed by atoms with Crippen LogP contribution in [0.5, 0.6) is 0 Å². The predicted octanol–water partition coefficient (Wildman–Crippen LogP) is 4.64. The van der Waals surface area contributed by atoms with E-state index in [0.717, 1.165) is 31.2 Å². The molecule has 1 atom stereocenters. The van der Waals surface area contributed by atoms with E-state index in [2.05, 4.69) is 38.1 Å². The Balaban J connectivity index is 2.16. The van der Waals surface area contributed by atoms with Gasteiger partial charge in [-0.1, -0.05) is 63.8 Å². The number of hydrogen-bond donors (Lipinski definition) is 1. The molecule has 1 N–H and O–H groups in total. The Kier molecular flexibility index (Phi) is 4.45. The fourth-order valence-corrected chi connectivity index (χ4v) is 3.24. The maximum atomic E-state index is 10.7. The second kappa shape index (κ2) is 5.88. The summed E-state index contributed by atoms with van der Waals surface area (Å²) in [6, 6.07) is 8.55. The molecule has 0 aromatic heterocycles. The van der Waals surface area contributed by atoms with Gasteiger partial charge in [0.25, 0.3) is 0 Å². The lowest BCUT2D eigenvalue weighted by Crippen LogP contribution is -2.28. The summed E-state index contributed by atoms with van der Waals surface area (Å²) >= 11 is 0. The van der Waals surface area contributed by atoms with Gasteiger partial charge in [0, 0.05) is 0 Å². The smallest absolute Gasteiger partial charge is 0.0843 e. The van der Waals surface area contributed by atoms with Crippen LogP contribution in [-0.2, 0) is 6.42 Å². The highest BCUT2D eigenvalue weighted by Gasteiger charge is 2.35. The first-order valence-electron chi connectivity index (χ1n) is 7.42. The van der Waals surface area contributed by atoms with Gasteiger partial charge in [0.2, 0.25) is 0 Å². The normalized spacial score (nSPS) is 20.6. The first-order valence-corrected chi connectivity index (χ1v) is 7.42. The Morgan fingerprint density at radius 3 is 2.61 bits per heavy atom. The molecule has 1 nitrogen and oxygen atoms in total. The minimum Gasteiger partial charge on any atom is -0.388 e. The van der Waals surface area contributed by atoms with Gasteiger partial charge in [-0.05, 0) is 35.8 Å². The number of aliphatic hydroxyl groups excluding tert-OH is 1. The largest absolute Gasteiger partial charge is 0.388 e. The second-order valence-electron chi connectivity index (χ2n) is 6.11. The molecule has 1 aromatic carbocycles. The molecule has 0 heterocycles. The lowest BCUT2D eigenvalue weighted by atomic mass is 9.70. The zero-order chi connectivity index (χ0) is 13.0. The monoisotopic (exact) mass is 246 g/mol. The van der Waals surface area contributed by atoms with Gasteiger partial charge in [-0.25, -0.2) is 0 Å². The molecule has 1 aromatic rings. The Labute approximate surface area is 111 Å². The summed E-state index contributed by atoms with van der Waals surface area (Å²) in [4.78, 5) is 0. The Morgan fingerprint density at radius 2 is 1.94 bits per heavy atom. The fraction of sp³-hybridized carbons (Fsp3) is 0.647. The highest BCUT2D eigenvalue weighted by molar-refractivity contribution is 5.26. The zero-order valence-corrected chi connectivity index (χ0v) is 11.8. The van der Waals surface area contributed by atoms with Crippen molar-refractivity contribution in [2.75, 3.05) is 0 Å². The minimum atomic E-state index is -0.297. The first kappa shape index (κ1) is 13.6. The van der Waals surface area contributed by atoms with Crippen LogP contribution in [0.3, 0.4) is 0 Å². The van der Waals surface area contributed by atoms with Crippen LogP contribution in [0.2, 0.25) is 0 Å². The lowest BCUT2D eigenvalue weighted by molar-refractivity contribution is 0.00814.